The molecule has 1 fully saturated rings. The van der Waals surface area contributed by atoms with Crippen molar-refractivity contribution in [1.29, 1.82) is 0 Å². The lowest BCUT2D eigenvalue weighted by Gasteiger charge is -2.32. The summed E-state index contributed by atoms with van der Waals surface area (Å²) in [6.07, 6.45) is 6.52. The fourth-order valence-electron chi connectivity index (χ4n) is 6.11. The number of nitrogens with one attached hydrogen (secondary N) is 1. The van der Waals surface area contributed by atoms with Crippen molar-refractivity contribution >= 4 is 32.4 Å². The monoisotopic (exact) mass is 610 g/mol. The Morgan fingerprint density at radius 3 is 2.58 bits per heavy atom. The molecule has 0 spiro atoms. The largest absolute Gasteiger partial charge is 0.478 e. The van der Waals surface area contributed by atoms with Gasteiger partial charge in [-0.05, 0) is 91.8 Å². The number of aromatic nitrogens is 3. The van der Waals surface area contributed by atoms with Gasteiger partial charge in [-0.1, -0.05) is 27.4 Å². The molecule has 0 saturated carbocycles. The number of alkyl halides is 2. The lowest BCUT2D eigenvalue weighted by Crippen LogP contribution is -2.41. The van der Waals surface area contributed by atoms with E-state index in [0.717, 1.165) is 79.3 Å². The molecule has 1 aliphatic heterocycles. The Bertz CT molecular complexity index is 1540. The molecular formula is C31H37F2N6O3P. The molecule has 228 valence electrons. The van der Waals surface area contributed by atoms with Gasteiger partial charge in [0.25, 0.3) is 0 Å². The summed E-state index contributed by atoms with van der Waals surface area (Å²) >= 11 is 0. The summed E-state index contributed by atoms with van der Waals surface area (Å²) in [6.45, 7) is 4.23. The second-order valence-corrected chi connectivity index (χ2v) is 11.9. The minimum Gasteiger partial charge on any atom is -0.478 e. The topological polar surface area (TPSA) is 126 Å². The van der Waals surface area contributed by atoms with Crippen molar-refractivity contribution in [2.75, 3.05) is 31.5 Å². The first kappa shape index (κ1) is 30.8. The number of hydrogen-bond acceptors (Lipinski definition) is 6. The van der Waals surface area contributed by atoms with Crippen LogP contribution in [0.2, 0.25) is 0 Å². The zero-order valence-electron chi connectivity index (χ0n) is 24.2. The van der Waals surface area contributed by atoms with Crippen molar-refractivity contribution in [2.45, 2.75) is 57.0 Å². The number of rotatable bonds is 9. The second-order valence-electron chi connectivity index (χ2n) is 11.2. The van der Waals surface area contributed by atoms with Gasteiger partial charge in [0.1, 0.15) is 11.3 Å². The number of nitrogens with two attached hydrogens (primary N) is 1. The van der Waals surface area contributed by atoms with Crippen LogP contribution < -0.4 is 11.1 Å². The first-order chi connectivity index (χ1) is 20.6. The number of piperidine rings is 1. The maximum Gasteiger partial charge on any atom is 0.339 e. The molecule has 9 nitrogen and oxygen atoms in total. The zero-order chi connectivity index (χ0) is 30.7. The van der Waals surface area contributed by atoms with Gasteiger partial charge in [-0.15, -0.1) is 0 Å². The summed E-state index contributed by atoms with van der Waals surface area (Å²) in [5, 5.41) is 17.0. The van der Waals surface area contributed by atoms with Crippen molar-refractivity contribution in [1.82, 2.24) is 19.7 Å². The zero-order valence-corrected chi connectivity index (χ0v) is 25.3. The number of aromatic carboxylic acids is 1. The number of benzene rings is 1. The van der Waals surface area contributed by atoms with E-state index in [9.17, 15) is 23.5 Å². The van der Waals surface area contributed by atoms with Crippen LogP contribution in [0.5, 0.6) is 0 Å². The van der Waals surface area contributed by atoms with E-state index in [2.05, 4.69) is 40.5 Å². The quantitative estimate of drug-likeness (QED) is 0.281. The van der Waals surface area contributed by atoms with Crippen molar-refractivity contribution in [3.8, 4) is 5.82 Å². The van der Waals surface area contributed by atoms with Crippen molar-refractivity contribution in [3.63, 3.8) is 0 Å². The predicted octanol–water partition coefficient (Wildman–Crippen LogP) is 5.30. The number of nitrogens with zero attached hydrogens (tertiary/aromatic N) is 4. The van der Waals surface area contributed by atoms with E-state index in [-0.39, 0.29) is 18.3 Å². The van der Waals surface area contributed by atoms with Gasteiger partial charge in [0, 0.05) is 25.3 Å². The maximum absolute atomic E-state index is 14.4. The maximum atomic E-state index is 14.4. The van der Waals surface area contributed by atoms with Gasteiger partial charge in [0.2, 0.25) is 5.91 Å². The Kier molecular flexibility index (Phi) is 9.22. The molecule has 43 heavy (non-hydrogen) atoms. The average Bonchev–Trinajstić information content (AvgIpc) is 3.47. The molecule has 3 heterocycles. The van der Waals surface area contributed by atoms with E-state index >= 15 is 0 Å². The normalized spacial score (nSPS) is 16.4. The van der Waals surface area contributed by atoms with E-state index in [1.54, 1.807) is 12.1 Å². The summed E-state index contributed by atoms with van der Waals surface area (Å²) < 4.78 is 29.8. The van der Waals surface area contributed by atoms with Crippen LogP contribution in [0.25, 0.3) is 11.4 Å². The summed E-state index contributed by atoms with van der Waals surface area (Å²) in [5.41, 5.74) is 7.13. The minimum atomic E-state index is -3.50. The first-order valence-corrected chi connectivity index (χ1v) is 15.1. The Balaban J connectivity index is 1.34. The third-order valence-electron chi connectivity index (χ3n) is 8.39. The van der Waals surface area contributed by atoms with E-state index in [4.69, 9.17) is 5.73 Å². The Morgan fingerprint density at radius 1 is 1.16 bits per heavy atom. The first-order valence-electron chi connectivity index (χ1n) is 14.6. The molecule has 5 rings (SSSR count). The summed E-state index contributed by atoms with van der Waals surface area (Å²) in [4.78, 5) is 30.0. The van der Waals surface area contributed by atoms with Crippen LogP contribution in [0, 0.1) is 6.92 Å². The van der Waals surface area contributed by atoms with Gasteiger partial charge >= 0.3 is 11.6 Å². The minimum absolute atomic E-state index is 0.00700. The molecule has 2 aliphatic rings. The number of carbonyl (C=O) groups is 2. The molecule has 1 amide bonds. The number of amides is 1. The smallest absolute Gasteiger partial charge is 0.339 e. The van der Waals surface area contributed by atoms with Gasteiger partial charge in [-0.2, -0.15) is 13.9 Å². The second kappa shape index (κ2) is 12.9. The molecule has 0 radical (unpaired) electrons. The Morgan fingerprint density at radius 2 is 1.91 bits per heavy atom. The standard InChI is InChI=1S/C31H37F2N6O3P/c1-19-15-21(20-11-13-38(14-12-20)28(40)16-34)9-10-25(19)35-17-22-5-2-3-6-23(22)26-7-4-8-27(37-26)39-29(31(32,33)43)24(18-36-39)30(41)42/h4,7-10,15,18,20,35H,2-3,5-6,11-14,16-17,34,43H2,1H3,(H,41,42). The number of likely N-dealkylation sites (tertiary alicyclic amines) is 1. The number of halogens is 2. The lowest BCUT2D eigenvalue weighted by molar-refractivity contribution is -0.130. The van der Waals surface area contributed by atoms with E-state index < -0.39 is 22.9 Å². The highest BCUT2D eigenvalue weighted by Gasteiger charge is 2.36. The van der Waals surface area contributed by atoms with E-state index in [0.29, 0.717) is 18.2 Å². The number of carbonyl (C=O) groups excluding carboxylic acids is 1. The van der Waals surface area contributed by atoms with Crippen LogP contribution in [-0.4, -0.2) is 62.8 Å². The lowest BCUT2D eigenvalue weighted by atomic mass is 9.88. The summed E-state index contributed by atoms with van der Waals surface area (Å²) in [5.74, 6) is -0.922. The predicted molar refractivity (Wildman–Crippen MR) is 165 cm³/mol. The van der Waals surface area contributed by atoms with Crippen LogP contribution >= 0.6 is 9.24 Å². The highest BCUT2D eigenvalue weighted by molar-refractivity contribution is 7.17. The van der Waals surface area contributed by atoms with Crippen LogP contribution in [-0.2, 0) is 10.5 Å². The number of anilines is 1. The number of hydrogen-bond donors (Lipinski definition) is 3. The van der Waals surface area contributed by atoms with Gasteiger partial charge < -0.3 is 21.1 Å². The fraction of sp³-hybridized carbons (Fsp3) is 0.419. The molecule has 1 unspecified atom stereocenters. The molecular weight excluding hydrogens is 573 g/mol. The van der Waals surface area contributed by atoms with Crippen LogP contribution in [0.1, 0.15) is 77.3 Å². The molecule has 3 aromatic rings. The van der Waals surface area contributed by atoms with Crippen molar-refractivity contribution in [2.24, 2.45) is 5.73 Å². The van der Waals surface area contributed by atoms with Crippen molar-refractivity contribution < 1.29 is 23.5 Å². The molecule has 4 N–H and O–H groups in total. The molecule has 12 heteroatoms. The molecule has 0 bridgehead atoms. The number of carboxylic acids is 1. The number of carboxylic acid groups (broad SMARTS) is 1. The summed E-state index contributed by atoms with van der Waals surface area (Å²) in [6, 6.07) is 11.6. The SMILES string of the molecule is Cc1cc(C2CCN(C(=O)CN)CC2)ccc1NCC1=C(c2cccc(-n3ncc(C(=O)O)c3C(F)(F)P)n2)CCCC1. The molecule has 1 aliphatic carbocycles. The van der Waals surface area contributed by atoms with Crippen LogP contribution in [0.4, 0.5) is 14.5 Å². The molecule has 1 atom stereocenters. The highest BCUT2D eigenvalue weighted by atomic mass is 31.0. The molecule has 2 aromatic heterocycles. The third-order valence-corrected chi connectivity index (χ3v) is 8.67. The third kappa shape index (κ3) is 6.78. The number of aryl methyl sites for hydroxylation is 1. The van der Waals surface area contributed by atoms with Gasteiger partial charge in [0.15, 0.2) is 5.82 Å². The van der Waals surface area contributed by atoms with E-state index in [1.165, 1.54) is 20.4 Å². The average molecular weight is 611 g/mol. The Hall–Kier alpha value is -3.69. The van der Waals surface area contributed by atoms with Crippen LogP contribution in [0.3, 0.4) is 0 Å². The van der Waals surface area contributed by atoms with Gasteiger partial charge in [-0.3, -0.25) is 4.79 Å². The number of allylic oxidation sites excluding steroid dienone is 1. The highest BCUT2D eigenvalue weighted by Crippen LogP contribution is 2.39. The number of pyridine rings is 1. The fourth-order valence-corrected chi connectivity index (χ4v) is 6.39. The molecule has 1 saturated heterocycles. The van der Waals surface area contributed by atoms with Crippen LogP contribution in [0.15, 0.2) is 48.2 Å². The Labute approximate surface area is 251 Å². The molecule has 1 aromatic carbocycles. The van der Waals surface area contributed by atoms with Gasteiger partial charge in [0.05, 0.1) is 18.4 Å². The van der Waals surface area contributed by atoms with Crippen molar-refractivity contribution in [3.05, 3.63) is 76.2 Å². The van der Waals surface area contributed by atoms with E-state index in [1.807, 2.05) is 11.0 Å². The van der Waals surface area contributed by atoms with Gasteiger partial charge in [-0.25, -0.2) is 14.5 Å². The summed E-state index contributed by atoms with van der Waals surface area (Å²) in [7, 11) is 1.39.